The number of carbonyl (C=O) groups is 1. The monoisotopic (exact) mass is 207 g/mol. The van der Waals surface area contributed by atoms with Gasteiger partial charge in [-0.05, 0) is 33.2 Å². The molecule has 1 aromatic heterocycles. The number of pyridine rings is 1. The molecule has 0 saturated carbocycles. The van der Waals surface area contributed by atoms with Gasteiger partial charge in [-0.1, -0.05) is 0 Å². The molecule has 0 aliphatic rings. The van der Waals surface area contributed by atoms with Crippen LogP contribution in [-0.2, 0) is 0 Å². The van der Waals surface area contributed by atoms with Gasteiger partial charge in [-0.15, -0.1) is 0 Å². The fraction of sp³-hybridized carbons (Fsp3) is 0.455. The van der Waals surface area contributed by atoms with Crippen LogP contribution in [0.5, 0.6) is 0 Å². The summed E-state index contributed by atoms with van der Waals surface area (Å²) in [6, 6.07) is 3.62. The van der Waals surface area contributed by atoms with Crippen molar-refractivity contribution in [3.8, 4) is 0 Å². The third-order valence-corrected chi connectivity index (χ3v) is 2.02. The van der Waals surface area contributed by atoms with Gasteiger partial charge in [-0.2, -0.15) is 0 Å². The molecule has 0 fully saturated rings. The van der Waals surface area contributed by atoms with E-state index in [0.717, 1.165) is 12.2 Å². The first-order chi connectivity index (χ1) is 7.09. The molecular weight excluding hydrogens is 190 g/mol. The van der Waals surface area contributed by atoms with Gasteiger partial charge >= 0.3 is 0 Å². The van der Waals surface area contributed by atoms with E-state index >= 15 is 0 Å². The van der Waals surface area contributed by atoms with E-state index < -0.39 is 0 Å². The Morgan fingerprint density at radius 1 is 1.47 bits per heavy atom. The molecule has 1 heterocycles. The Bertz CT molecular complexity index is 319. The van der Waals surface area contributed by atoms with Gasteiger partial charge in [0.1, 0.15) is 0 Å². The SMILES string of the molecule is Cc1ccc(C(=O)NCCN(C)C)cn1. The molecule has 4 heteroatoms. The van der Waals surface area contributed by atoms with Crippen molar-refractivity contribution in [1.82, 2.24) is 15.2 Å². The molecule has 1 N–H and O–H groups in total. The maximum absolute atomic E-state index is 11.6. The van der Waals surface area contributed by atoms with Gasteiger partial charge in [-0.25, -0.2) is 0 Å². The van der Waals surface area contributed by atoms with Gasteiger partial charge < -0.3 is 10.2 Å². The molecule has 0 aromatic carbocycles. The lowest BCUT2D eigenvalue weighted by atomic mass is 10.2. The van der Waals surface area contributed by atoms with Crippen molar-refractivity contribution in [2.24, 2.45) is 0 Å². The van der Waals surface area contributed by atoms with Crippen molar-refractivity contribution in [2.75, 3.05) is 27.2 Å². The van der Waals surface area contributed by atoms with Gasteiger partial charge in [0.25, 0.3) is 5.91 Å². The van der Waals surface area contributed by atoms with Crippen molar-refractivity contribution in [1.29, 1.82) is 0 Å². The first kappa shape index (κ1) is 11.7. The van der Waals surface area contributed by atoms with E-state index in [2.05, 4.69) is 10.3 Å². The van der Waals surface area contributed by atoms with Crippen LogP contribution in [-0.4, -0.2) is 43.0 Å². The lowest BCUT2D eigenvalue weighted by Gasteiger charge is -2.10. The van der Waals surface area contributed by atoms with Crippen LogP contribution in [0.1, 0.15) is 16.1 Å². The molecular formula is C11H17N3O. The summed E-state index contributed by atoms with van der Waals surface area (Å²) in [7, 11) is 3.94. The maximum atomic E-state index is 11.6. The van der Waals surface area contributed by atoms with E-state index in [1.54, 1.807) is 12.3 Å². The zero-order valence-electron chi connectivity index (χ0n) is 9.45. The number of hydrogen-bond donors (Lipinski definition) is 1. The minimum absolute atomic E-state index is 0.0654. The van der Waals surface area contributed by atoms with Crippen LogP contribution in [0.25, 0.3) is 0 Å². The van der Waals surface area contributed by atoms with E-state index in [9.17, 15) is 4.79 Å². The Morgan fingerprint density at radius 2 is 2.20 bits per heavy atom. The summed E-state index contributed by atoms with van der Waals surface area (Å²) >= 11 is 0. The highest BCUT2D eigenvalue weighted by molar-refractivity contribution is 5.93. The Morgan fingerprint density at radius 3 is 2.73 bits per heavy atom. The zero-order valence-corrected chi connectivity index (χ0v) is 9.45. The number of likely N-dealkylation sites (N-methyl/N-ethyl adjacent to an activating group) is 1. The van der Waals surface area contributed by atoms with E-state index in [1.165, 1.54) is 0 Å². The number of carbonyl (C=O) groups excluding carboxylic acids is 1. The van der Waals surface area contributed by atoms with Crippen LogP contribution in [0.3, 0.4) is 0 Å². The van der Waals surface area contributed by atoms with Gasteiger partial charge in [-0.3, -0.25) is 9.78 Å². The predicted octanol–water partition coefficient (Wildman–Crippen LogP) is 0.681. The molecule has 0 atom stereocenters. The largest absolute Gasteiger partial charge is 0.351 e. The molecule has 0 saturated heterocycles. The molecule has 0 radical (unpaired) electrons. The lowest BCUT2D eigenvalue weighted by molar-refractivity contribution is 0.0950. The van der Waals surface area contributed by atoms with Gasteiger partial charge in [0.05, 0.1) is 5.56 Å². The molecule has 15 heavy (non-hydrogen) atoms. The number of nitrogens with one attached hydrogen (secondary N) is 1. The third-order valence-electron chi connectivity index (χ3n) is 2.02. The van der Waals surface area contributed by atoms with Crippen molar-refractivity contribution in [3.63, 3.8) is 0 Å². The second kappa shape index (κ2) is 5.46. The Hall–Kier alpha value is -1.42. The first-order valence-corrected chi connectivity index (χ1v) is 4.95. The van der Waals surface area contributed by atoms with Crippen LogP contribution >= 0.6 is 0 Å². The van der Waals surface area contributed by atoms with E-state index in [0.29, 0.717) is 12.1 Å². The van der Waals surface area contributed by atoms with Crippen LogP contribution in [0.15, 0.2) is 18.3 Å². The van der Waals surface area contributed by atoms with Crippen LogP contribution in [0.4, 0.5) is 0 Å². The summed E-state index contributed by atoms with van der Waals surface area (Å²) in [6.07, 6.45) is 1.60. The minimum atomic E-state index is -0.0654. The molecule has 1 rings (SSSR count). The normalized spacial score (nSPS) is 10.4. The topological polar surface area (TPSA) is 45.2 Å². The molecule has 1 amide bonds. The number of hydrogen-bond acceptors (Lipinski definition) is 3. The van der Waals surface area contributed by atoms with E-state index in [-0.39, 0.29) is 5.91 Å². The number of amides is 1. The summed E-state index contributed by atoms with van der Waals surface area (Å²) in [5.74, 6) is -0.0654. The standard InChI is InChI=1S/C11H17N3O/c1-9-4-5-10(8-13-9)11(15)12-6-7-14(2)3/h4-5,8H,6-7H2,1-3H3,(H,12,15). The van der Waals surface area contributed by atoms with Gasteiger partial charge in [0.2, 0.25) is 0 Å². The predicted molar refractivity (Wildman–Crippen MR) is 59.9 cm³/mol. The summed E-state index contributed by atoms with van der Waals surface area (Å²) in [6.45, 7) is 3.39. The van der Waals surface area contributed by atoms with Gasteiger partial charge in [0.15, 0.2) is 0 Å². The fourth-order valence-electron chi connectivity index (χ4n) is 1.10. The van der Waals surface area contributed by atoms with Crippen LogP contribution in [0, 0.1) is 6.92 Å². The lowest BCUT2D eigenvalue weighted by Crippen LogP contribution is -2.31. The highest BCUT2D eigenvalue weighted by atomic mass is 16.1. The molecule has 82 valence electrons. The Balaban J connectivity index is 2.43. The van der Waals surface area contributed by atoms with Crippen molar-refractivity contribution >= 4 is 5.91 Å². The molecule has 1 aromatic rings. The van der Waals surface area contributed by atoms with E-state index in [4.69, 9.17) is 0 Å². The van der Waals surface area contributed by atoms with Crippen LogP contribution < -0.4 is 5.32 Å². The third kappa shape index (κ3) is 4.08. The minimum Gasteiger partial charge on any atom is -0.351 e. The second-order valence-electron chi connectivity index (χ2n) is 3.75. The summed E-state index contributed by atoms with van der Waals surface area (Å²) in [5, 5.41) is 2.83. The smallest absolute Gasteiger partial charge is 0.252 e. The van der Waals surface area contributed by atoms with Gasteiger partial charge in [0, 0.05) is 25.0 Å². The molecule has 0 aliphatic heterocycles. The van der Waals surface area contributed by atoms with Crippen molar-refractivity contribution in [3.05, 3.63) is 29.6 Å². The number of aromatic nitrogens is 1. The van der Waals surface area contributed by atoms with Crippen LogP contribution in [0.2, 0.25) is 0 Å². The maximum Gasteiger partial charge on any atom is 0.252 e. The average Bonchev–Trinajstić information content (AvgIpc) is 2.18. The molecule has 0 aliphatic carbocycles. The molecule has 0 spiro atoms. The highest BCUT2D eigenvalue weighted by Crippen LogP contribution is 1.98. The highest BCUT2D eigenvalue weighted by Gasteiger charge is 2.04. The van der Waals surface area contributed by atoms with E-state index in [1.807, 2.05) is 32.0 Å². The average molecular weight is 207 g/mol. The second-order valence-corrected chi connectivity index (χ2v) is 3.75. The quantitative estimate of drug-likeness (QED) is 0.789. The summed E-state index contributed by atoms with van der Waals surface area (Å²) in [5.41, 5.74) is 1.53. The Kier molecular flexibility index (Phi) is 4.24. The Labute approximate surface area is 90.3 Å². The molecule has 0 unspecified atom stereocenters. The fourth-order valence-corrected chi connectivity index (χ4v) is 1.10. The van der Waals surface area contributed by atoms with Crippen molar-refractivity contribution in [2.45, 2.75) is 6.92 Å². The number of aryl methyl sites for hydroxylation is 1. The molecule has 0 bridgehead atoms. The molecule has 4 nitrogen and oxygen atoms in total. The van der Waals surface area contributed by atoms with Crippen molar-refractivity contribution < 1.29 is 4.79 Å². The number of nitrogens with zero attached hydrogens (tertiary/aromatic N) is 2. The number of rotatable bonds is 4. The zero-order chi connectivity index (χ0) is 11.3. The first-order valence-electron chi connectivity index (χ1n) is 4.95. The summed E-state index contributed by atoms with van der Waals surface area (Å²) in [4.78, 5) is 17.7. The summed E-state index contributed by atoms with van der Waals surface area (Å²) < 4.78 is 0.